The molecule has 0 amide bonds. The Balaban J connectivity index is 2.47. The SMILES string of the molecule is Cc1cc(Cl)c2nc3c(c(NN)c2c1Cl)CCCC3. The normalized spacial score (nSPS) is 14.5. The summed E-state index contributed by atoms with van der Waals surface area (Å²) in [6, 6.07) is 1.86. The lowest BCUT2D eigenvalue weighted by atomic mass is 9.92. The molecule has 0 radical (unpaired) electrons. The standard InChI is InChI=1S/C14H15Cl2N3/c1-7-6-9(15)14-11(12(7)16)13(19-17)8-4-2-3-5-10(8)18-14/h6H,2-5,17H2,1H3,(H,18,19). The summed E-state index contributed by atoms with van der Waals surface area (Å²) in [6.45, 7) is 1.94. The number of nitrogens with two attached hydrogens (primary N) is 1. The smallest absolute Gasteiger partial charge is 0.0928 e. The third kappa shape index (κ3) is 1.97. The van der Waals surface area contributed by atoms with Crippen LogP contribution in [-0.2, 0) is 12.8 Å². The van der Waals surface area contributed by atoms with E-state index in [1.165, 1.54) is 5.56 Å². The zero-order chi connectivity index (χ0) is 13.6. The van der Waals surface area contributed by atoms with E-state index in [4.69, 9.17) is 34.0 Å². The second-order valence-electron chi connectivity index (χ2n) is 4.98. The van der Waals surface area contributed by atoms with Crippen molar-refractivity contribution in [3.05, 3.63) is 32.9 Å². The average Bonchev–Trinajstić information content (AvgIpc) is 2.42. The van der Waals surface area contributed by atoms with E-state index in [2.05, 4.69) is 5.43 Å². The minimum atomic E-state index is 0.627. The Hall–Kier alpha value is -1.03. The van der Waals surface area contributed by atoms with Gasteiger partial charge in [0, 0.05) is 11.1 Å². The number of anilines is 1. The molecule has 0 saturated heterocycles. The van der Waals surface area contributed by atoms with Crippen LogP contribution in [0.2, 0.25) is 10.0 Å². The molecule has 1 aliphatic rings. The lowest BCUT2D eigenvalue weighted by Crippen LogP contribution is -2.15. The van der Waals surface area contributed by atoms with E-state index in [0.29, 0.717) is 10.0 Å². The number of nitrogens with one attached hydrogen (secondary N) is 1. The summed E-state index contributed by atoms with van der Waals surface area (Å²) in [6.07, 6.45) is 4.28. The predicted octanol–water partition coefficient (Wildman–Crippen LogP) is 4.01. The molecule has 3 N–H and O–H groups in total. The summed E-state index contributed by atoms with van der Waals surface area (Å²) in [5, 5.41) is 2.14. The summed E-state index contributed by atoms with van der Waals surface area (Å²) in [5.41, 5.74) is 7.65. The molecule has 0 atom stereocenters. The van der Waals surface area contributed by atoms with Crippen LogP contribution in [0.25, 0.3) is 10.9 Å². The average molecular weight is 296 g/mol. The quantitative estimate of drug-likeness (QED) is 0.617. The highest BCUT2D eigenvalue weighted by Gasteiger charge is 2.21. The number of hydrogen-bond acceptors (Lipinski definition) is 3. The summed E-state index contributed by atoms with van der Waals surface area (Å²) in [4.78, 5) is 4.71. The van der Waals surface area contributed by atoms with Crippen LogP contribution in [0.15, 0.2) is 6.07 Å². The van der Waals surface area contributed by atoms with E-state index < -0.39 is 0 Å². The van der Waals surface area contributed by atoms with E-state index >= 15 is 0 Å². The first-order valence-corrected chi connectivity index (χ1v) is 7.15. The topological polar surface area (TPSA) is 50.9 Å². The Bertz CT molecular complexity index is 668. The highest BCUT2D eigenvalue weighted by molar-refractivity contribution is 6.41. The minimum Gasteiger partial charge on any atom is -0.323 e. The van der Waals surface area contributed by atoms with Crippen LogP contribution in [0.5, 0.6) is 0 Å². The number of hydrazine groups is 1. The van der Waals surface area contributed by atoms with Crippen molar-refractivity contribution < 1.29 is 0 Å². The monoisotopic (exact) mass is 295 g/mol. The fourth-order valence-electron chi connectivity index (χ4n) is 2.81. The molecule has 19 heavy (non-hydrogen) atoms. The van der Waals surface area contributed by atoms with Gasteiger partial charge in [0.05, 0.1) is 21.2 Å². The van der Waals surface area contributed by atoms with Gasteiger partial charge < -0.3 is 5.43 Å². The zero-order valence-electron chi connectivity index (χ0n) is 10.7. The number of rotatable bonds is 1. The Morgan fingerprint density at radius 1 is 1.26 bits per heavy atom. The zero-order valence-corrected chi connectivity index (χ0v) is 12.2. The van der Waals surface area contributed by atoms with Gasteiger partial charge in [0.2, 0.25) is 0 Å². The van der Waals surface area contributed by atoms with Crippen molar-refractivity contribution in [2.24, 2.45) is 5.84 Å². The number of nitrogen functional groups attached to an aromatic ring is 1. The Kier molecular flexibility index (Phi) is 3.29. The van der Waals surface area contributed by atoms with Gasteiger partial charge in [-0.05, 0) is 49.8 Å². The number of nitrogens with zero attached hydrogens (tertiary/aromatic N) is 1. The maximum absolute atomic E-state index is 6.43. The maximum Gasteiger partial charge on any atom is 0.0928 e. The molecular weight excluding hydrogens is 281 g/mol. The van der Waals surface area contributed by atoms with Crippen molar-refractivity contribution in [2.75, 3.05) is 5.43 Å². The number of hydrogen-bond donors (Lipinski definition) is 2. The molecule has 1 aliphatic carbocycles. The van der Waals surface area contributed by atoms with E-state index in [9.17, 15) is 0 Å². The van der Waals surface area contributed by atoms with Crippen LogP contribution in [0.3, 0.4) is 0 Å². The molecule has 0 fully saturated rings. The summed E-state index contributed by atoms with van der Waals surface area (Å²) >= 11 is 12.7. The molecule has 0 spiro atoms. The van der Waals surface area contributed by atoms with Crippen molar-refractivity contribution in [3.63, 3.8) is 0 Å². The van der Waals surface area contributed by atoms with Gasteiger partial charge in [-0.1, -0.05) is 23.2 Å². The molecule has 1 aromatic carbocycles. The predicted molar refractivity (Wildman–Crippen MR) is 81.0 cm³/mol. The highest BCUT2D eigenvalue weighted by atomic mass is 35.5. The number of aromatic nitrogens is 1. The van der Waals surface area contributed by atoms with Crippen molar-refractivity contribution in [3.8, 4) is 0 Å². The van der Waals surface area contributed by atoms with Gasteiger partial charge in [0.15, 0.2) is 0 Å². The molecule has 0 saturated carbocycles. The molecule has 5 heteroatoms. The number of pyridine rings is 1. The van der Waals surface area contributed by atoms with E-state index in [-0.39, 0.29) is 0 Å². The third-order valence-electron chi connectivity index (χ3n) is 3.75. The van der Waals surface area contributed by atoms with Crippen LogP contribution in [-0.4, -0.2) is 4.98 Å². The first kappa shape index (κ1) is 13.0. The van der Waals surface area contributed by atoms with Gasteiger partial charge >= 0.3 is 0 Å². The maximum atomic E-state index is 6.43. The third-order valence-corrected chi connectivity index (χ3v) is 4.53. The lowest BCUT2D eigenvalue weighted by Gasteiger charge is -2.21. The molecular formula is C14H15Cl2N3. The van der Waals surface area contributed by atoms with Gasteiger partial charge in [0.25, 0.3) is 0 Å². The van der Waals surface area contributed by atoms with Gasteiger partial charge in [-0.15, -0.1) is 0 Å². The number of fused-ring (bicyclic) bond motifs is 2. The highest BCUT2D eigenvalue weighted by Crippen LogP contribution is 2.40. The van der Waals surface area contributed by atoms with E-state index in [0.717, 1.165) is 53.5 Å². The van der Waals surface area contributed by atoms with Gasteiger partial charge in [-0.25, -0.2) is 0 Å². The Morgan fingerprint density at radius 3 is 2.74 bits per heavy atom. The molecule has 3 nitrogen and oxygen atoms in total. The van der Waals surface area contributed by atoms with Crippen molar-refractivity contribution in [2.45, 2.75) is 32.6 Å². The van der Waals surface area contributed by atoms with Gasteiger partial charge in [0.1, 0.15) is 0 Å². The molecule has 3 rings (SSSR count). The Morgan fingerprint density at radius 2 is 2.00 bits per heavy atom. The first-order chi connectivity index (χ1) is 9.13. The van der Waals surface area contributed by atoms with Crippen LogP contribution >= 0.6 is 23.2 Å². The van der Waals surface area contributed by atoms with Crippen molar-refractivity contribution in [1.29, 1.82) is 0 Å². The van der Waals surface area contributed by atoms with E-state index in [1.54, 1.807) is 0 Å². The van der Waals surface area contributed by atoms with Gasteiger partial charge in [-0.3, -0.25) is 10.8 Å². The van der Waals surface area contributed by atoms with Crippen molar-refractivity contribution >= 4 is 39.8 Å². The first-order valence-electron chi connectivity index (χ1n) is 6.40. The molecule has 2 aromatic rings. The minimum absolute atomic E-state index is 0.627. The lowest BCUT2D eigenvalue weighted by molar-refractivity contribution is 0.672. The second-order valence-corrected chi connectivity index (χ2v) is 5.76. The second kappa shape index (κ2) is 4.82. The largest absolute Gasteiger partial charge is 0.323 e. The Labute approximate surface area is 122 Å². The van der Waals surface area contributed by atoms with E-state index in [1.807, 2.05) is 13.0 Å². The molecule has 100 valence electrons. The number of benzene rings is 1. The number of halogens is 2. The summed E-state index contributed by atoms with van der Waals surface area (Å²) < 4.78 is 0. The molecule has 0 aliphatic heterocycles. The van der Waals surface area contributed by atoms with Crippen LogP contribution in [0.4, 0.5) is 5.69 Å². The van der Waals surface area contributed by atoms with Crippen LogP contribution < -0.4 is 11.3 Å². The summed E-state index contributed by atoms with van der Waals surface area (Å²) in [7, 11) is 0. The molecule has 0 unspecified atom stereocenters. The van der Waals surface area contributed by atoms with Crippen LogP contribution in [0.1, 0.15) is 29.7 Å². The van der Waals surface area contributed by atoms with Crippen molar-refractivity contribution in [1.82, 2.24) is 4.98 Å². The molecule has 0 bridgehead atoms. The fraction of sp³-hybridized carbons (Fsp3) is 0.357. The number of aryl methyl sites for hydroxylation is 2. The molecule has 1 aromatic heterocycles. The van der Waals surface area contributed by atoms with Crippen LogP contribution in [0, 0.1) is 6.92 Å². The summed E-state index contributed by atoms with van der Waals surface area (Å²) in [5.74, 6) is 5.73. The molecule has 1 heterocycles. The van der Waals surface area contributed by atoms with Gasteiger partial charge in [-0.2, -0.15) is 0 Å². The fourth-order valence-corrected chi connectivity index (χ4v) is 3.35.